The molecule has 2 amide bonds. The van der Waals surface area contributed by atoms with Crippen LogP contribution in [-0.4, -0.2) is 28.3 Å². The summed E-state index contributed by atoms with van der Waals surface area (Å²) in [5, 5.41) is 0.974. The van der Waals surface area contributed by atoms with Gasteiger partial charge in [0.1, 0.15) is 0 Å². The Morgan fingerprint density at radius 3 is 2.40 bits per heavy atom. The van der Waals surface area contributed by atoms with Crippen LogP contribution in [0.15, 0.2) is 28.9 Å². The molecule has 2 aromatic rings. The average Bonchev–Trinajstić information content (AvgIpc) is 2.82. The third-order valence-electron chi connectivity index (χ3n) is 3.65. The van der Waals surface area contributed by atoms with Crippen LogP contribution in [0.25, 0.3) is 16.5 Å². The number of rotatable bonds is 1. The molecule has 0 saturated heterocycles. The first-order chi connectivity index (χ1) is 9.41. The molecule has 1 aromatic carbocycles. The number of carbonyl (C=O) groups is 2. The maximum atomic E-state index is 12.3. The lowest BCUT2D eigenvalue weighted by molar-refractivity contribution is -0.134. The molecule has 4 nitrogen and oxygen atoms in total. The Morgan fingerprint density at radius 1 is 1.10 bits per heavy atom. The summed E-state index contributed by atoms with van der Waals surface area (Å²) in [6, 6.07) is 6.06. The van der Waals surface area contributed by atoms with Gasteiger partial charge in [-0.15, -0.1) is 0 Å². The molecule has 1 aliphatic heterocycles. The van der Waals surface area contributed by atoms with E-state index in [1.807, 2.05) is 36.9 Å². The Bertz CT molecular complexity index is 802. The number of halogens is 1. The van der Waals surface area contributed by atoms with Crippen LogP contribution < -0.4 is 0 Å². The number of aryl methyl sites for hydroxylation is 2. The van der Waals surface area contributed by atoms with E-state index in [0.717, 1.165) is 26.9 Å². The fraction of sp³-hybridized carbons (Fsp3) is 0.200. The normalized spacial score (nSPS) is 15.9. The predicted molar refractivity (Wildman–Crippen MR) is 81.3 cm³/mol. The molecule has 1 aliphatic rings. The van der Waals surface area contributed by atoms with Gasteiger partial charge in [-0.25, -0.2) is 0 Å². The second-order valence-corrected chi connectivity index (χ2v) is 5.83. The van der Waals surface area contributed by atoms with Crippen LogP contribution >= 0.6 is 15.9 Å². The van der Waals surface area contributed by atoms with Gasteiger partial charge in [0.05, 0.1) is 10.1 Å². The van der Waals surface area contributed by atoms with E-state index >= 15 is 0 Å². The molecule has 3 rings (SSSR count). The number of carbonyl (C=O) groups excluding carboxylic acids is 2. The Balaban J connectivity index is 2.31. The number of aromatic nitrogens is 1. The van der Waals surface area contributed by atoms with Gasteiger partial charge in [0.25, 0.3) is 11.8 Å². The average molecular weight is 333 g/mol. The molecule has 102 valence electrons. The molecule has 0 saturated carbocycles. The molecule has 0 spiro atoms. The third kappa shape index (κ3) is 1.66. The molecule has 0 radical (unpaired) electrons. The van der Waals surface area contributed by atoms with Crippen LogP contribution in [-0.2, 0) is 16.6 Å². The molecule has 20 heavy (non-hydrogen) atoms. The van der Waals surface area contributed by atoms with Gasteiger partial charge in [-0.3, -0.25) is 14.5 Å². The van der Waals surface area contributed by atoms with Gasteiger partial charge >= 0.3 is 0 Å². The molecule has 5 heteroatoms. The number of nitrogens with zero attached hydrogens (tertiary/aromatic N) is 2. The van der Waals surface area contributed by atoms with Gasteiger partial charge in [0.2, 0.25) is 0 Å². The van der Waals surface area contributed by atoms with Gasteiger partial charge in [-0.2, -0.15) is 0 Å². The monoisotopic (exact) mass is 332 g/mol. The van der Waals surface area contributed by atoms with Crippen LogP contribution in [0.2, 0.25) is 0 Å². The molecule has 0 unspecified atom stereocenters. The lowest BCUT2D eigenvalue weighted by Gasteiger charge is -2.05. The Kier molecular flexibility index (Phi) is 2.83. The number of imide groups is 1. The zero-order chi connectivity index (χ0) is 14.6. The van der Waals surface area contributed by atoms with Crippen molar-refractivity contribution in [3.05, 3.63) is 40.0 Å². The highest BCUT2D eigenvalue weighted by Gasteiger charge is 2.36. The minimum Gasteiger partial charge on any atom is -0.350 e. The molecule has 1 aromatic heterocycles. The van der Waals surface area contributed by atoms with Crippen molar-refractivity contribution in [2.75, 3.05) is 7.05 Å². The van der Waals surface area contributed by atoms with Crippen LogP contribution in [0.4, 0.5) is 0 Å². The first-order valence-electron chi connectivity index (χ1n) is 6.20. The Hall–Kier alpha value is -1.88. The van der Waals surface area contributed by atoms with E-state index in [-0.39, 0.29) is 11.8 Å². The highest BCUT2D eigenvalue weighted by Crippen LogP contribution is 2.36. The van der Waals surface area contributed by atoms with Crippen molar-refractivity contribution < 1.29 is 9.59 Å². The van der Waals surface area contributed by atoms with E-state index < -0.39 is 0 Å². The number of hydrogen-bond acceptors (Lipinski definition) is 2. The van der Waals surface area contributed by atoms with E-state index in [4.69, 9.17) is 0 Å². The minimum atomic E-state index is -0.297. The highest BCUT2D eigenvalue weighted by molar-refractivity contribution is 9.12. The fourth-order valence-electron chi connectivity index (χ4n) is 2.53. The van der Waals surface area contributed by atoms with Gasteiger partial charge in [-0.1, -0.05) is 12.1 Å². The van der Waals surface area contributed by atoms with Gasteiger partial charge in [0, 0.05) is 36.8 Å². The summed E-state index contributed by atoms with van der Waals surface area (Å²) < 4.78 is 2.30. The van der Waals surface area contributed by atoms with E-state index in [1.165, 1.54) is 7.05 Å². The van der Waals surface area contributed by atoms with Gasteiger partial charge < -0.3 is 4.57 Å². The molecule has 0 N–H and O–H groups in total. The second kappa shape index (κ2) is 4.31. The second-order valence-electron chi connectivity index (χ2n) is 5.03. The zero-order valence-electron chi connectivity index (χ0n) is 11.4. The number of likely N-dealkylation sites (N-methyl/N-ethyl adjacent to an activating group) is 1. The lowest BCUT2D eigenvalue weighted by Crippen LogP contribution is -2.26. The van der Waals surface area contributed by atoms with E-state index in [1.54, 1.807) is 0 Å². The van der Waals surface area contributed by atoms with Crippen molar-refractivity contribution in [3.63, 3.8) is 0 Å². The summed E-state index contributed by atoms with van der Waals surface area (Å²) in [6.45, 7) is 2.03. The standard InChI is InChI=1S/C15H13BrN2O2/c1-8-4-5-9-10(7-17(2)11(9)6-8)12-13(16)15(20)18(3)14(12)19/h4-7H,1-3H3. The summed E-state index contributed by atoms with van der Waals surface area (Å²) in [7, 11) is 3.43. The number of hydrogen-bond donors (Lipinski definition) is 0. The molecule has 0 fully saturated rings. The molecule has 0 bridgehead atoms. The number of benzene rings is 1. The first-order valence-corrected chi connectivity index (χ1v) is 6.99. The highest BCUT2D eigenvalue weighted by atomic mass is 79.9. The molecule has 0 aliphatic carbocycles. The summed E-state index contributed by atoms with van der Waals surface area (Å²) in [5.41, 5.74) is 3.43. The first kappa shape index (κ1) is 13.1. The third-order valence-corrected chi connectivity index (χ3v) is 4.38. The summed E-state index contributed by atoms with van der Waals surface area (Å²) in [4.78, 5) is 25.3. The molecule has 0 atom stereocenters. The van der Waals surface area contributed by atoms with Crippen LogP contribution in [0.5, 0.6) is 0 Å². The number of fused-ring (bicyclic) bond motifs is 1. The summed E-state index contributed by atoms with van der Waals surface area (Å²) in [6.07, 6.45) is 1.89. The minimum absolute atomic E-state index is 0.269. The van der Waals surface area contributed by atoms with Crippen molar-refractivity contribution in [1.82, 2.24) is 9.47 Å². The summed E-state index contributed by atoms with van der Waals surface area (Å²) >= 11 is 3.26. The van der Waals surface area contributed by atoms with Crippen molar-refractivity contribution in [1.29, 1.82) is 0 Å². The Labute approximate surface area is 124 Å². The van der Waals surface area contributed by atoms with Crippen molar-refractivity contribution in [2.24, 2.45) is 7.05 Å². The maximum Gasteiger partial charge on any atom is 0.268 e. The maximum absolute atomic E-state index is 12.3. The van der Waals surface area contributed by atoms with Gasteiger partial charge in [-0.05, 0) is 34.5 Å². The van der Waals surface area contributed by atoms with Crippen LogP contribution in [0, 0.1) is 6.92 Å². The van der Waals surface area contributed by atoms with Crippen molar-refractivity contribution in [2.45, 2.75) is 6.92 Å². The Morgan fingerprint density at radius 2 is 1.80 bits per heavy atom. The zero-order valence-corrected chi connectivity index (χ0v) is 13.0. The molecule has 2 heterocycles. The quantitative estimate of drug-likeness (QED) is 0.753. The van der Waals surface area contributed by atoms with Crippen LogP contribution in [0.3, 0.4) is 0 Å². The van der Waals surface area contributed by atoms with Crippen LogP contribution in [0.1, 0.15) is 11.1 Å². The fourth-order valence-corrected chi connectivity index (χ4v) is 3.18. The number of amides is 2. The van der Waals surface area contributed by atoms with Crippen molar-refractivity contribution >= 4 is 44.2 Å². The molecular formula is C15H13BrN2O2. The largest absolute Gasteiger partial charge is 0.350 e. The smallest absolute Gasteiger partial charge is 0.268 e. The summed E-state index contributed by atoms with van der Waals surface area (Å²) in [5.74, 6) is -0.566. The van der Waals surface area contributed by atoms with Crippen molar-refractivity contribution in [3.8, 4) is 0 Å². The molecular weight excluding hydrogens is 320 g/mol. The van der Waals surface area contributed by atoms with E-state index in [9.17, 15) is 9.59 Å². The van der Waals surface area contributed by atoms with Gasteiger partial charge in [0.15, 0.2) is 0 Å². The van der Waals surface area contributed by atoms with E-state index in [0.29, 0.717) is 10.1 Å². The SMILES string of the molecule is Cc1ccc2c(C3=C(Br)C(=O)N(C)C3=O)cn(C)c2c1. The topological polar surface area (TPSA) is 42.3 Å². The van der Waals surface area contributed by atoms with E-state index in [2.05, 4.69) is 22.0 Å². The predicted octanol–water partition coefficient (Wildman–Crippen LogP) is 2.59. The lowest BCUT2D eigenvalue weighted by atomic mass is 10.0.